The van der Waals surface area contributed by atoms with Crippen molar-refractivity contribution in [3.63, 3.8) is 0 Å². The Morgan fingerprint density at radius 1 is 1.17 bits per heavy atom. The minimum absolute atomic E-state index is 0.392. The summed E-state index contributed by atoms with van der Waals surface area (Å²) in [6.45, 7) is 2.96. The Kier molecular flexibility index (Phi) is 7.87. The number of benzene rings is 1. The van der Waals surface area contributed by atoms with Crippen LogP contribution in [-0.2, 0) is 16.0 Å². The third-order valence-electron chi connectivity index (χ3n) is 5.55. The van der Waals surface area contributed by atoms with E-state index in [9.17, 15) is 4.79 Å². The first-order valence-corrected chi connectivity index (χ1v) is 10.4. The second-order valence-corrected chi connectivity index (χ2v) is 7.60. The molecule has 6 heteroatoms. The lowest BCUT2D eigenvalue weighted by atomic mass is 9.92. The Labute approximate surface area is 173 Å². The molecule has 1 aliphatic heterocycles. The maximum absolute atomic E-state index is 11.4. The summed E-state index contributed by atoms with van der Waals surface area (Å²) < 4.78 is 10.5. The first kappa shape index (κ1) is 21.1. The van der Waals surface area contributed by atoms with Crippen LogP contribution in [0.4, 0.5) is 5.69 Å². The van der Waals surface area contributed by atoms with Gasteiger partial charge in [-0.25, -0.2) is 0 Å². The number of rotatable bonds is 9. The number of hydrogen-bond donors (Lipinski definition) is 1. The SMILES string of the molecule is COC(=O)C(N)Cc1ccc(OCCCC2CCN(c3ccncc3)CC2)cc1. The lowest BCUT2D eigenvalue weighted by Crippen LogP contribution is -2.33. The van der Waals surface area contributed by atoms with Gasteiger partial charge in [-0.2, -0.15) is 0 Å². The lowest BCUT2D eigenvalue weighted by Gasteiger charge is -2.33. The van der Waals surface area contributed by atoms with Crippen molar-refractivity contribution >= 4 is 11.7 Å². The first-order chi connectivity index (χ1) is 14.2. The predicted octanol–water partition coefficient (Wildman–Crippen LogP) is 3.20. The van der Waals surface area contributed by atoms with E-state index in [1.54, 1.807) is 0 Å². The number of anilines is 1. The zero-order valence-electron chi connectivity index (χ0n) is 17.1. The number of carbonyl (C=O) groups is 1. The molecule has 156 valence electrons. The topological polar surface area (TPSA) is 77.7 Å². The molecular weight excluding hydrogens is 366 g/mol. The van der Waals surface area contributed by atoms with Crippen LogP contribution in [0.1, 0.15) is 31.2 Å². The standard InChI is InChI=1S/C23H31N3O3/c1-28-23(27)22(24)17-19-4-6-21(7-5-19)29-16-2-3-18-10-14-26(15-11-18)20-8-12-25-13-9-20/h4-9,12-13,18,22H,2-3,10-11,14-17,24H2,1H3. The van der Waals surface area contributed by atoms with E-state index in [1.165, 1.54) is 32.1 Å². The van der Waals surface area contributed by atoms with Crippen LogP contribution in [0.25, 0.3) is 0 Å². The summed E-state index contributed by atoms with van der Waals surface area (Å²) in [7, 11) is 1.35. The van der Waals surface area contributed by atoms with Crippen LogP contribution < -0.4 is 15.4 Å². The number of nitrogens with zero attached hydrogens (tertiary/aromatic N) is 2. The second-order valence-electron chi connectivity index (χ2n) is 7.60. The van der Waals surface area contributed by atoms with Crippen molar-refractivity contribution in [1.82, 2.24) is 4.98 Å². The maximum atomic E-state index is 11.4. The Hall–Kier alpha value is -2.60. The largest absolute Gasteiger partial charge is 0.494 e. The lowest BCUT2D eigenvalue weighted by molar-refractivity contribution is -0.142. The van der Waals surface area contributed by atoms with Gasteiger partial charge >= 0.3 is 5.97 Å². The van der Waals surface area contributed by atoms with Crippen LogP contribution in [0.2, 0.25) is 0 Å². The molecule has 2 N–H and O–H groups in total. The predicted molar refractivity (Wildman–Crippen MR) is 114 cm³/mol. The van der Waals surface area contributed by atoms with E-state index in [0.717, 1.165) is 43.3 Å². The van der Waals surface area contributed by atoms with Gasteiger partial charge in [0.25, 0.3) is 0 Å². The molecule has 1 atom stereocenters. The van der Waals surface area contributed by atoms with Crippen molar-refractivity contribution in [3.8, 4) is 5.75 Å². The van der Waals surface area contributed by atoms with Crippen LogP contribution in [0.3, 0.4) is 0 Å². The monoisotopic (exact) mass is 397 g/mol. The van der Waals surface area contributed by atoms with Gasteiger partial charge in [-0.1, -0.05) is 12.1 Å². The molecule has 1 aromatic carbocycles. The number of hydrogen-bond acceptors (Lipinski definition) is 6. The highest BCUT2D eigenvalue weighted by Crippen LogP contribution is 2.25. The van der Waals surface area contributed by atoms with E-state index in [-0.39, 0.29) is 0 Å². The number of methoxy groups -OCH3 is 1. The molecule has 1 saturated heterocycles. The second kappa shape index (κ2) is 10.8. The summed E-state index contributed by atoms with van der Waals surface area (Å²) >= 11 is 0. The number of nitrogens with two attached hydrogens (primary N) is 1. The van der Waals surface area contributed by atoms with Gasteiger partial charge in [0.2, 0.25) is 0 Å². The van der Waals surface area contributed by atoms with Crippen LogP contribution in [0.15, 0.2) is 48.8 Å². The van der Waals surface area contributed by atoms with Gasteiger partial charge in [-0.05, 0) is 67.9 Å². The normalized spacial score (nSPS) is 15.7. The number of aromatic nitrogens is 1. The highest BCUT2D eigenvalue weighted by molar-refractivity contribution is 5.75. The zero-order chi connectivity index (χ0) is 20.5. The van der Waals surface area contributed by atoms with Gasteiger partial charge in [-0.15, -0.1) is 0 Å². The molecule has 3 rings (SSSR count). The molecule has 1 fully saturated rings. The third-order valence-corrected chi connectivity index (χ3v) is 5.55. The summed E-state index contributed by atoms with van der Waals surface area (Å²) in [5.74, 6) is 1.24. The van der Waals surface area contributed by atoms with Crippen LogP contribution in [0.5, 0.6) is 5.75 Å². The van der Waals surface area contributed by atoms with Crippen LogP contribution in [-0.4, -0.2) is 43.8 Å². The summed E-state index contributed by atoms with van der Waals surface area (Å²) in [5, 5.41) is 0. The van der Waals surface area contributed by atoms with Gasteiger partial charge in [0.05, 0.1) is 13.7 Å². The smallest absolute Gasteiger partial charge is 0.322 e. The molecule has 0 bridgehead atoms. The molecule has 1 unspecified atom stereocenters. The zero-order valence-corrected chi connectivity index (χ0v) is 17.1. The number of esters is 1. The molecule has 1 aliphatic rings. The molecule has 0 aliphatic carbocycles. The van der Waals surface area contributed by atoms with E-state index in [4.69, 9.17) is 10.5 Å². The highest BCUT2D eigenvalue weighted by atomic mass is 16.5. The van der Waals surface area contributed by atoms with Crippen LogP contribution >= 0.6 is 0 Å². The van der Waals surface area contributed by atoms with Crippen molar-refractivity contribution in [3.05, 3.63) is 54.4 Å². The van der Waals surface area contributed by atoms with Gasteiger partial charge in [0.15, 0.2) is 0 Å². The number of ether oxygens (including phenoxy) is 2. The minimum Gasteiger partial charge on any atom is -0.494 e. The molecule has 2 heterocycles. The molecule has 29 heavy (non-hydrogen) atoms. The summed E-state index contributed by atoms with van der Waals surface area (Å²) in [4.78, 5) is 17.9. The van der Waals surface area contributed by atoms with E-state index in [1.807, 2.05) is 36.7 Å². The van der Waals surface area contributed by atoms with Gasteiger partial charge < -0.3 is 20.1 Å². The average molecular weight is 398 g/mol. The summed E-state index contributed by atoms with van der Waals surface area (Å²) in [5.41, 5.74) is 8.07. The molecule has 2 aromatic rings. The third kappa shape index (κ3) is 6.46. The Balaban J connectivity index is 1.32. The number of carbonyl (C=O) groups excluding carboxylic acids is 1. The number of piperidine rings is 1. The van der Waals surface area contributed by atoms with Gasteiger partial charge in [0.1, 0.15) is 11.8 Å². The molecule has 1 aromatic heterocycles. The molecule has 6 nitrogen and oxygen atoms in total. The Morgan fingerprint density at radius 2 is 1.86 bits per heavy atom. The van der Waals surface area contributed by atoms with Crippen molar-refractivity contribution in [2.45, 2.75) is 38.1 Å². The van der Waals surface area contributed by atoms with Gasteiger partial charge in [-0.3, -0.25) is 9.78 Å². The van der Waals surface area contributed by atoms with Crippen LogP contribution in [0, 0.1) is 5.92 Å². The van der Waals surface area contributed by atoms with E-state index < -0.39 is 12.0 Å². The molecule has 0 spiro atoms. The van der Waals surface area contributed by atoms with E-state index in [0.29, 0.717) is 6.42 Å². The first-order valence-electron chi connectivity index (χ1n) is 10.4. The summed E-state index contributed by atoms with van der Waals surface area (Å²) in [6.07, 6.45) is 8.92. The fourth-order valence-corrected chi connectivity index (χ4v) is 3.81. The maximum Gasteiger partial charge on any atom is 0.322 e. The molecule has 0 saturated carbocycles. The molecule has 0 amide bonds. The Morgan fingerprint density at radius 3 is 2.52 bits per heavy atom. The minimum atomic E-state index is -0.628. The van der Waals surface area contributed by atoms with Gasteiger partial charge in [0, 0.05) is 31.2 Å². The quantitative estimate of drug-likeness (QED) is 0.517. The van der Waals surface area contributed by atoms with E-state index >= 15 is 0 Å². The Bertz CT molecular complexity index is 744. The fraction of sp³-hybridized carbons (Fsp3) is 0.478. The average Bonchev–Trinajstić information content (AvgIpc) is 2.78. The molecular formula is C23H31N3O3. The molecule has 0 radical (unpaired) electrons. The highest BCUT2D eigenvalue weighted by Gasteiger charge is 2.19. The summed E-state index contributed by atoms with van der Waals surface area (Å²) in [6, 6.07) is 11.3. The van der Waals surface area contributed by atoms with Crippen molar-refractivity contribution in [2.75, 3.05) is 31.7 Å². The van der Waals surface area contributed by atoms with Crippen molar-refractivity contribution in [1.29, 1.82) is 0 Å². The number of pyridine rings is 1. The van der Waals surface area contributed by atoms with Crippen molar-refractivity contribution < 1.29 is 14.3 Å². The fourth-order valence-electron chi connectivity index (χ4n) is 3.81. The van der Waals surface area contributed by atoms with E-state index in [2.05, 4.69) is 26.8 Å². The van der Waals surface area contributed by atoms with Crippen molar-refractivity contribution in [2.24, 2.45) is 11.7 Å².